The Bertz CT molecular complexity index is 872. The van der Waals surface area contributed by atoms with E-state index in [2.05, 4.69) is 24.1 Å². The molecule has 26 heavy (non-hydrogen) atoms. The monoisotopic (exact) mass is 354 g/mol. The Hall–Kier alpha value is -2.86. The average molecular weight is 354 g/mol. The van der Waals surface area contributed by atoms with Crippen molar-refractivity contribution in [3.63, 3.8) is 0 Å². The number of anilines is 1. The number of nitrogens with zero attached hydrogens (tertiary/aromatic N) is 1. The molecule has 0 saturated heterocycles. The molecule has 1 aliphatic carbocycles. The molecule has 0 fully saturated rings. The number of hydrogen-bond donors (Lipinski definition) is 3. The van der Waals surface area contributed by atoms with Gasteiger partial charge in [0.25, 0.3) is 0 Å². The molecule has 136 valence electrons. The topological polar surface area (TPSA) is 89.9 Å². The SMILES string of the molecule is CCN(CC)CCNc1cc(O)c2c(c1O)C(=O)c1ccccc1C2=O. The standard InChI is InChI=1S/C20H22N2O4/c1-3-22(4-2)10-9-21-14-11-15(23)16-17(20(14)26)19(25)13-8-6-5-7-12(13)18(16)24/h5-8,11,21,23,26H,3-4,9-10H2,1-2H3. The number of fused-ring (bicyclic) bond motifs is 2. The van der Waals surface area contributed by atoms with Gasteiger partial charge in [0.2, 0.25) is 0 Å². The van der Waals surface area contributed by atoms with Gasteiger partial charge >= 0.3 is 0 Å². The molecular weight excluding hydrogens is 332 g/mol. The molecule has 0 saturated carbocycles. The lowest BCUT2D eigenvalue weighted by Gasteiger charge is -2.22. The van der Waals surface area contributed by atoms with Gasteiger partial charge < -0.3 is 20.4 Å². The number of nitrogens with one attached hydrogen (secondary N) is 1. The first-order valence-corrected chi connectivity index (χ1v) is 8.73. The lowest BCUT2D eigenvalue weighted by molar-refractivity contribution is 0.0974. The molecule has 0 bridgehead atoms. The van der Waals surface area contributed by atoms with Crippen LogP contribution < -0.4 is 5.32 Å². The van der Waals surface area contributed by atoms with Gasteiger partial charge in [0.1, 0.15) is 5.75 Å². The number of carbonyl (C=O) groups excluding carboxylic acids is 2. The summed E-state index contributed by atoms with van der Waals surface area (Å²) >= 11 is 0. The number of phenolic OH excluding ortho intramolecular Hbond substituents is 2. The molecule has 2 aromatic rings. The number of phenols is 2. The van der Waals surface area contributed by atoms with E-state index in [4.69, 9.17) is 0 Å². The van der Waals surface area contributed by atoms with Gasteiger partial charge in [-0.2, -0.15) is 0 Å². The molecule has 0 atom stereocenters. The fourth-order valence-corrected chi connectivity index (χ4v) is 3.28. The Morgan fingerprint density at radius 2 is 1.54 bits per heavy atom. The van der Waals surface area contributed by atoms with Crippen molar-refractivity contribution < 1.29 is 19.8 Å². The first-order chi connectivity index (χ1) is 12.5. The Kier molecular flexibility index (Phi) is 4.95. The summed E-state index contributed by atoms with van der Waals surface area (Å²) < 4.78 is 0. The number of hydrogen-bond acceptors (Lipinski definition) is 6. The summed E-state index contributed by atoms with van der Waals surface area (Å²) in [5.74, 6) is -1.53. The Morgan fingerprint density at radius 1 is 0.962 bits per heavy atom. The van der Waals surface area contributed by atoms with E-state index in [1.807, 2.05) is 0 Å². The van der Waals surface area contributed by atoms with Crippen molar-refractivity contribution in [1.82, 2.24) is 4.90 Å². The van der Waals surface area contributed by atoms with E-state index >= 15 is 0 Å². The maximum atomic E-state index is 12.8. The van der Waals surface area contributed by atoms with Crippen LogP contribution in [0.4, 0.5) is 5.69 Å². The van der Waals surface area contributed by atoms with Crippen LogP contribution in [0.1, 0.15) is 45.7 Å². The van der Waals surface area contributed by atoms with Gasteiger partial charge in [-0.1, -0.05) is 38.1 Å². The third kappa shape index (κ3) is 2.93. The molecule has 3 N–H and O–H groups in total. The second kappa shape index (κ2) is 7.17. The van der Waals surface area contributed by atoms with Gasteiger partial charge in [0, 0.05) is 30.3 Å². The summed E-state index contributed by atoms with van der Waals surface area (Å²) in [4.78, 5) is 27.7. The molecule has 0 radical (unpaired) electrons. The van der Waals surface area contributed by atoms with Gasteiger partial charge in [-0.15, -0.1) is 0 Å². The maximum absolute atomic E-state index is 12.8. The third-order valence-electron chi connectivity index (χ3n) is 4.79. The number of likely N-dealkylation sites (N-methyl/N-ethyl adjacent to an activating group) is 1. The first kappa shape index (κ1) is 17.9. The van der Waals surface area contributed by atoms with Crippen LogP contribution in [-0.2, 0) is 0 Å². The van der Waals surface area contributed by atoms with Crippen LogP contribution in [0.25, 0.3) is 0 Å². The Labute approximate surface area is 152 Å². The first-order valence-electron chi connectivity index (χ1n) is 8.73. The zero-order chi connectivity index (χ0) is 18.8. The molecule has 1 aliphatic rings. The van der Waals surface area contributed by atoms with E-state index in [0.717, 1.165) is 19.6 Å². The highest BCUT2D eigenvalue weighted by atomic mass is 16.3. The molecule has 0 aliphatic heterocycles. The molecule has 6 nitrogen and oxygen atoms in total. The number of rotatable bonds is 6. The van der Waals surface area contributed by atoms with Crippen molar-refractivity contribution in [3.8, 4) is 11.5 Å². The minimum Gasteiger partial charge on any atom is -0.507 e. The zero-order valence-electron chi connectivity index (χ0n) is 14.9. The highest BCUT2D eigenvalue weighted by Crippen LogP contribution is 2.42. The highest BCUT2D eigenvalue weighted by Gasteiger charge is 2.35. The predicted molar refractivity (Wildman–Crippen MR) is 99.4 cm³/mol. The predicted octanol–water partition coefficient (Wildman–Crippen LogP) is 2.63. The van der Waals surface area contributed by atoms with Crippen LogP contribution in [0.5, 0.6) is 11.5 Å². The number of carbonyl (C=O) groups is 2. The molecular formula is C20H22N2O4. The second-order valence-corrected chi connectivity index (χ2v) is 6.20. The fraction of sp³-hybridized carbons (Fsp3) is 0.300. The van der Waals surface area contributed by atoms with Crippen LogP contribution in [-0.4, -0.2) is 52.9 Å². The van der Waals surface area contributed by atoms with Gasteiger partial charge in [0.05, 0.1) is 16.8 Å². The van der Waals surface area contributed by atoms with E-state index in [1.165, 1.54) is 6.07 Å². The molecule has 0 heterocycles. The van der Waals surface area contributed by atoms with E-state index < -0.39 is 11.6 Å². The smallest absolute Gasteiger partial charge is 0.198 e. The van der Waals surface area contributed by atoms with Crippen LogP contribution in [0.3, 0.4) is 0 Å². The maximum Gasteiger partial charge on any atom is 0.198 e. The number of benzene rings is 2. The molecule has 3 rings (SSSR count). The second-order valence-electron chi connectivity index (χ2n) is 6.20. The Morgan fingerprint density at radius 3 is 2.12 bits per heavy atom. The molecule has 0 spiro atoms. The number of aromatic hydroxyl groups is 2. The summed E-state index contributed by atoms with van der Waals surface area (Å²) in [5.41, 5.74) is 0.440. The van der Waals surface area contributed by atoms with Crippen LogP contribution in [0.2, 0.25) is 0 Å². The normalized spacial score (nSPS) is 12.9. The molecule has 0 unspecified atom stereocenters. The summed E-state index contributed by atoms with van der Waals surface area (Å²) in [6.07, 6.45) is 0. The highest BCUT2D eigenvalue weighted by molar-refractivity contribution is 6.30. The third-order valence-corrected chi connectivity index (χ3v) is 4.79. The van der Waals surface area contributed by atoms with E-state index in [9.17, 15) is 19.8 Å². The fourth-order valence-electron chi connectivity index (χ4n) is 3.28. The summed E-state index contributed by atoms with van der Waals surface area (Å²) in [7, 11) is 0. The zero-order valence-corrected chi connectivity index (χ0v) is 14.9. The summed E-state index contributed by atoms with van der Waals surface area (Å²) in [6, 6.07) is 7.73. The van der Waals surface area contributed by atoms with Crippen molar-refractivity contribution in [2.24, 2.45) is 0 Å². The van der Waals surface area contributed by atoms with Crippen molar-refractivity contribution in [2.45, 2.75) is 13.8 Å². The van der Waals surface area contributed by atoms with Crippen molar-refractivity contribution in [2.75, 3.05) is 31.5 Å². The van der Waals surface area contributed by atoms with E-state index in [-0.39, 0.29) is 39.4 Å². The van der Waals surface area contributed by atoms with Crippen LogP contribution in [0, 0.1) is 0 Å². The lowest BCUT2D eigenvalue weighted by Crippen LogP contribution is -2.28. The van der Waals surface area contributed by atoms with E-state index in [1.54, 1.807) is 24.3 Å². The van der Waals surface area contributed by atoms with Crippen molar-refractivity contribution >= 4 is 17.3 Å². The van der Waals surface area contributed by atoms with Crippen LogP contribution >= 0.6 is 0 Å². The summed E-state index contributed by atoms with van der Waals surface area (Å²) in [6.45, 7) is 7.22. The summed E-state index contributed by atoms with van der Waals surface area (Å²) in [5, 5.41) is 24.0. The molecule has 0 amide bonds. The lowest BCUT2D eigenvalue weighted by atomic mass is 9.82. The van der Waals surface area contributed by atoms with Gasteiger partial charge in [-0.05, 0) is 13.1 Å². The largest absolute Gasteiger partial charge is 0.507 e. The molecule has 2 aromatic carbocycles. The minimum absolute atomic E-state index is 0.138. The quantitative estimate of drug-likeness (QED) is 0.466. The molecule has 0 aromatic heterocycles. The van der Waals surface area contributed by atoms with Crippen LogP contribution in [0.15, 0.2) is 30.3 Å². The van der Waals surface area contributed by atoms with Crippen molar-refractivity contribution in [1.29, 1.82) is 0 Å². The molecule has 6 heteroatoms. The van der Waals surface area contributed by atoms with E-state index in [0.29, 0.717) is 6.54 Å². The van der Waals surface area contributed by atoms with Gasteiger partial charge in [0.15, 0.2) is 17.3 Å². The average Bonchev–Trinajstić information content (AvgIpc) is 2.65. The van der Waals surface area contributed by atoms with Gasteiger partial charge in [-0.3, -0.25) is 9.59 Å². The van der Waals surface area contributed by atoms with Crippen molar-refractivity contribution in [3.05, 3.63) is 52.6 Å². The minimum atomic E-state index is -0.463. The van der Waals surface area contributed by atoms with Gasteiger partial charge in [-0.25, -0.2) is 0 Å². The number of ketones is 2. The Balaban J connectivity index is 1.97.